The van der Waals surface area contributed by atoms with Crippen LogP contribution in [0.25, 0.3) is 0 Å². The molecule has 0 bridgehead atoms. The van der Waals surface area contributed by atoms with Gasteiger partial charge in [-0.2, -0.15) is 0 Å². The third kappa shape index (κ3) is 3.73. The first-order chi connectivity index (χ1) is 12.1. The van der Waals surface area contributed by atoms with Gasteiger partial charge in [-0.15, -0.1) is 0 Å². The van der Waals surface area contributed by atoms with E-state index >= 15 is 0 Å². The standard InChI is InChI=1S/C21H30N2O2/c1-3-10-20(25)22-14-9-5-8-13-19-21(22)18(15-23(19)16(2)24)17-11-6-4-7-12-17/h4,6-7,11-12,18-19,21H,3,5,8-10,13-15H2,1-2H3/t18-,19+,21-/m0/s1. The number of hydrogen-bond donors (Lipinski definition) is 0. The summed E-state index contributed by atoms with van der Waals surface area (Å²) in [5.41, 5.74) is 1.25. The number of amides is 2. The maximum atomic E-state index is 12.9. The highest BCUT2D eigenvalue weighted by Gasteiger charge is 2.47. The Bertz CT molecular complexity index is 601. The summed E-state index contributed by atoms with van der Waals surface area (Å²) >= 11 is 0. The lowest BCUT2D eigenvalue weighted by Gasteiger charge is -2.39. The molecule has 0 saturated carbocycles. The maximum absolute atomic E-state index is 12.9. The molecule has 0 radical (unpaired) electrons. The van der Waals surface area contributed by atoms with Crippen molar-refractivity contribution in [3.8, 4) is 0 Å². The van der Waals surface area contributed by atoms with Crippen molar-refractivity contribution >= 4 is 11.8 Å². The zero-order valence-electron chi connectivity index (χ0n) is 15.5. The fraction of sp³-hybridized carbons (Fsp3) is 0.619. The van der Waals surface area contributed by atoms with Gasteiger partial charge in [0.2, 0.25) is 11.8 Å². The molecule has 3 rings (SSSR count). The second-order valence-electron chi connectivity index (χ2n) is 7.43. The number of carbonyl (C=O) groups is 2. The summed E-state index contributed by atoms with van der Waals surface area (Å²) < 4.78 is 0. The second kappa shape index (κ2) is 8.03. The van der Waals surface area contributed by atoms with Gasteiger partial charge in [-0.25, -0.2) is 0 Å². The zero-order valence-corrected chi connectivity index (χ0v) is 15.5. The van der Waals surface area contributed by atoms with E-state index < -0.39 is 0 Å². The van der Waals surface area contributed by atoms with Gasteiger partial charge in [0.15, 0.2) is 0 Å². The van der Waals surface area contributed by atoms with Crippen LogP contribution < -0.4 is 0 Å². The highest BCUT2D eigenvalue weighted by Crippen LogP contribution is 2.39. The first kappa shape index (κ1) is 18.0. The predicted molar refractivity (Wildman–Crippen MR) is 99.2 cm³/mol. The number of hydrogen-bond acceptors (Lipinski definition) is 2. The quantitative estimate of drug-likeness (QED) is 0.842. The summed E-state index contributed by atoms with van der Waals surface area (Å²) in [4.78, 5) is 29.3. The molecule has 2 fully saturated rings. The van der Waals surface area contributed by atoms with Crippen molar-refractivity contribution in [2.45, 2.75) is 70.4 Å². The molecule has 136 valence electrons. The largest absolute Gasteiger partial charge is 0.337 e. The minimum Gasteiger partial charge on any atom is -0.337 e. The normalized spacial score (nSPS) is 26.7. The summed E-state index contributed by atoms with van der Waals surface area (Å²) in [6, 6.07) is 10.7. The minimum atomic E-state index is 0.116. The van der Waals surface area contributed by atoms with Crippen LogP contribution in [-0.2, 0) is 9.59 Å². The average molecular weight is 342 g/mol. The number of benzene rings is 1. The zero-order chi connectivity index (χ0) is 17.8. The van der Waals surface area contributed by atoms with E-state index in [4.69, 9.17) is 0 Å². The summed E-state index contributed by atoms with van der Waals surface area (Å²) in [5, 5.41) is 0. The van der Waals surface area contributed by atoms with Crippen LogP contribution in [0.4, 0.5) is 0 Å². The molecule has 2 aliphatic heterocycles. The van der Waals surface area contributed by atoms with Crippen molar-refractivity contribution < 1.29 is 9.59 Å². The molecule has 0 aromatic heterocycles. The monoisotopic (exact) mass is 342 g/mol. The molecular formula is C21H30N2O2. The summed E-state index contributed by atoms with van der Waals surface area (Å²) in [6.07, 6.45) is 5.83. The van der Waals surface area contributed by atoms with Gasteiger partial charge in [-0.1, -0.05) is 50.1 Å². The molecule has 2 saturated heterocycles. The number of fused-ring (bicyclic) bond motifs is 1. The van der Waals surface area contributed by atoms with Crippen LogP contribution in [0.2, 0.25) is 0 Å². The first-order valence-electron chi connectivity index (χ1n) is 9.75. The Morgan fingerprint density at radius 1 is 1.08 bits per heavy atom. The van der Waals surface area contributed by atoms with E-state index in [2.05, 4.69) is 36.1 Å². The summed E-state index contributed by atoms with van der Waals surface area (Å²) in [5.74, 6) is 0.608. The van der Waals surface area contributed by atoms with E-state index in [-0.39, 0.29) is 29.8 Å². The van der Waals surface area contributed by atoms with Crippen LogP contribution in [0.3, 0.4) is 0 Å². The Hall–Kier alpha value is -1.84. The van der Waals surface area contributed by atoms with Crippen molar-refractivity contribution in [2.24, 2.45) is 0 Å². The van der Waals surface area contributed by atoms with Crippen LogP contribution in [-0.4, -0.2) is 46.8 Å². The van der Waals surface area contributed by atoms with Gasteiger partial charge in [0, 0.05) is 32.4 Å². The fourth-order valence-electron chi connectivity index (χ4n) is 4.63. The van der Waals surface area contributed by atoms with Crippen molar-refractivity contribution in [3.05, 3.63) is 35.9 Å². The average Bonchev–Trinajstić information content (AvgIpc) is 2.94. The van der Waals surface area contributed by atoms with E-state index in [1.165, 1.54) is 5.56 Å². The van der Waals surface area contributed by atoms with Crippen molar-refractivity contribution in [3.63, 3.8) is 0 Å². The smallest absolute Gasteiger partial charge is 0.222 e. The van der Waals surface area contributed by atoms with Crippen molar-refractivity contribution in [2.75, 3.05) is 13.1 Å². The van der Waals surface area contributed by atoms with Crippen molar-refractivity contribution in [1.29, 1.82) is 0 Å². The molecule has 4 heteroatoms. The third-order valence-electron chi connectivity index (χ3n) is 5.78. The lowest BCUT2D eigenvalue weighted by atomic mass is 9.86. The Labute approximate surface area is 151 Å². The van der Waals surface area contributed by atoms with Crippen LogP contribution in [0.1, 0.15) is 63.9 Å². The summed E-state index contributed by atoms with van der Waals surface area (Å²) in [6.45, 7) is 5.28. The lowest BCUT2D eigenvalue weighted by molar-refractivity contribution is -0.137. The number of carbonyl (C=O) groups excluding carboxylic acids is 2. The van der Waals surface area contributed by atoms with Gasteiger partial charge in [-0.3, -0.25) is 9.59 Å². The number of nitrogens with zero attached hydrogens (tertiary/aromatic N) is 2. The Kier molecular flexibility index (Phi) is 5.77. The molecule has 2 heterocycles. The van der Waals surface area contributed by atoms with E-state index in [1.54, 1.807) is 6.92 Å². The van der Waals surface area contributed by atoms with Gasteiger partial charge >= 0.3 is 0 Å². The maximum Gasteiger partial charge on any atom is 0.222 e. The van der Waals surface area contributed by atoms with Crippen LogP contribution in [0.15, 0.2) is 30.3 Å². The van der Waals surface area contributed by atoms with Crippen LogP contribution >= 0.6 is 0 Å². The van der Waals surface area contributed by atoms with Gasteiger partial charge in [0.05, 0.1) is 12.1 Å². The van der Waals surface area contributed by atoms with Gasteiger partial charge in [0.25, 0.3) is 0 Å². The first-order valence-corrected chi connectivity index (χ1v) is 9.75. The predicted octanol–water partition coefficient (Wildman–Crippen LogP) is 3.57. The minimum absolute atomic E-state index is 0.116. The molecule has 1 aromatic carbocycles. The second-order valence-corrected chi connectivity index (χ2v) is 7.43. The molecule has 0 unspecified atom stereocenters. The number of likely N-dealkylation sites (tertiary alicyclic amines) is 2. The molecule has 1 aromatic rings. The molecule has 4 nitrogen and oxygen atoms in total. The Morgan fingerprint density at radius 3 is 2.52 bits per heavy atom. The van der Waals surface area contributed by atoms with E-state index in [9.17, 15) is 9.59 Å². The molecule has 3 atom stereocenters. The van der Waals surface area contributed by atoms with Gasteiger partial charge in [0.1, 0.15) is 0 Å². The SMILES string of the molecule is CCCC(=O)N1CCCCC[C@@H]2[C@@H]1[C@H](c1ccccc1)CN2C(C)=O. The fourth-order valence-corrected chi connectivity index (χ4v) is 4.63. The molecule has 2 amide bonds. The Morgan fingerprint density at radius 2 is 1.84 bits per heavy atom. The van der Waals surface area contributed by atoms with Crippen LogP contribution in [0, 0.1) is 0 Å². The highest BCUT2D eigenvalue weighted by atomic mass is 16.2. The molecule has 25 heavy (non-hydrogen) atoms. The third-order valence-corrected chi connectivity index (χ3v) is 5.78. The molecule has 0 N–H and O–H groups in total. The Balaban J connectivity index is 1.99. The molecular weight excluding hydrogens is 312 g/mol. The molecule has 0 aliphatic carbocycles. The van der Waals surface area contributed by atoms with Crippen molar-refractivity contribution in [1.82, 2.24) is 9.80 Å². The topological polar surface area (TPSA) is 40.6 Å². The van der Waals surface area contributed by atoms with Crippen LogP contribution in [0.5, 0.6) is 0 Å². The van der Waals surface area contributed by atoms with E-state index in [0.29, 0.717) is 6.42 Å². The lowest BCUT2D eigenvalue weighted by Crippen LogP contribution is -2.51. The van der Waals surface area contributed by atoms with Gasteiger partial charge in [-0.05, 0) is 24.8 Å². The molecule has 0 spiro atoms. The number of rotatable bonds is 3. The van der Waals surface area contributed by atoms with Gasteiger partial charge < -0.3 is 9.80 Å². The van der Waals surface area contributed by atoms with E-state index in [0.717, 1.165) is 45.2 Å². The van der Waals surface area contributed by atoms with E-state index in [1.807, 2.05) is 11.0 Å². The highest BCUT2D eigenvalue weighted by molar-refractivity contribution is 5.78. The molecule has 2 aliphatic rings. The summed E-state index contributed by atoms with van der Waals surface area (Å²) in [7, 11) is 0.